The summed E-state index contributed by atoms with van der Waals surface area (Å²) < 4.78 is 31.9. The Hall–Kier alpha value is -2.57. The molecule has 172 valence electrons. The Morgan fingerprint density at radius 2 is 1.84 bits per heavy atom. The minimum atomic E-state index is -4.49. The summed E-state index contributed by atoms with van der Waals surface area (Å²) in [6, 6.07) is 3.09. The van der Waals surface area contributed by atoms with Crippen LogP contribution in [-0.4, -0.2) is 76.9 Å². The van der Waals surface area contributed by atoms with Gasteiger partial charge in [0, 0.05) is 31.1 Å². The highest BCUT2D eigenvalue weighted by atomic mass is 32.2. The Balaban J connectivity index is 2.24. The molecule has 0 bridgehead atoms. The average molecular weight is 458 g/mol. The highest BCUT2D eigenvalue weighted by Gasteiger charge is 2.46. The SMILES string of the molecule is CC(C)N(C(=O)COC(=O)[C@@H]1C[C@H](O)CN1S(=O)(=O)c1ccccc1[N+](=O)[O-])C(C)C. The molecule has 12 heteroatoms. The molecular weight excluding hydrogens is 430 g/mol. The second-order valence-corrected chi connectivity index (χ2v) is 9.66. The number of nitro benzene ring substituents is 1. The third-order valence-corrected chi connectivity index (χ3v) is 6.81. The molecule has 1 heterocycles. The number of carbonyl (C=O) groups excluding carboxylic acids is 2. The maximum atomic E-state index is 13.1. The number of nitro groups is 1. The van der Waals surface area contributed by atoms with Gasteiger partial charge in [0.15, 0.2) is 11.5 Å². The molecule has 11 nitrogen and oxygen atoms in total. The van der Waals surface area contributed by atoms with Gasteiger partial charge in [0.2, 0.25) is 0 Å². The van der Waals surface area contributed by atoms with E-state index in [0.717, 1.165) is 12.1 Å². The number of esters is 1. The third-order valence-electron chi connectivity index (χ3n) is 4.89. The van der Waals surface area contributed by atoms with Crippen molar-refractivity contribution in [2.45, 2.75) is 63.2 Å². The van der Waals surface area contributed by atoms with Crippen molar-refractivity contribution in [2.75, 3.05) is 13.2 Å². The van der Waals surface area contributed by atoms with Crippen LogP contribution >= 0.6 is 0 Å². The molecule has 1 aromatic rings. The Labute approximate surface area is 180 Å². The molecule has 0 spiro atoms. The summed E-state index contributed by atoms with van der Waals surface area (Å²) in [5.41, 5.74) is -0.643. The lowest BCUT2D eigenvalue weighted by Crippen LogP contribution is -2.46. The van der Waals surface area contributed by atoms with Crippen LogP contribution in [0.5, 0.6) is 0 Å². The lowest BCUT2D eigenvalue weighted by Gasteiger charge is -2.30. The summed E-state index contributed by atoms with van der Waals surface area (Å²) in [6.45, 7) is 6.25. The van der Waals surface area contributed by atoms with Gasteiger partial charge in [-0.25, -0.2) is 8.42 Å². The highest BCUT2D eigenvalue weighted by Crippen LogP contribution is 2.31. The molecule has 0 radical (unpaired) electrons. The first-order chi connectivity index (χ1) is 14.4. The van der Waals surface area contributed by atoms with Crippen molar-refractivity contribution in [2.24, 2.45) is 0 Å². The summed E-state index contributed by atoms with van der Waals surface area (Å²) in [6.07, 6.45) is -1.40. The average Bonchev–Trinajstić information content (AvgIpc) is 3.08. The van der Waals surface area contributed by atoms with E-state index in [2.05, 4.69) is 0 Å². The zero-order valence-corrected chi connectivity index (χ0v) is 18.6. The van der Waals surface area contributed by atoms with Crippen LogP contribution < -0.4 is 0 Å². The highest BCUT2D eigenvalue weighted by molar-refractivity contribution is 7.89. The van der Waals surface area contributed by atoms with E-state index < -0.39 is 62.7 Å². The zero-order chi connectivity index (χ0) is 23.5. The van der Waals surface area contributed by atoms with Gasteiger partial charge in [-0.1, -0.05) is 12.1 Å². The van der Waals surface area contributed by atoms with Crippen LogP contribution in [0.25, 0.3) is 0 Å². The van der Waals surface area contributed by atoms with E-state index >= 15 is 0 Å². The van der Waals surface area contributed by atoms with E-state index in [4.69, 9.17) is 4.74 Å². The van der Waals surface area contributed by atoms with Gasteiger partial charge in [-0.2, -0.15) is 4.31 Å². The number of hydrogen-bond donors (Lipinski definition) is 1. The van der Waals surface area contributed by atoms with Gasteiger partial charge in [0.1, 0.15) is 6.04 Å². The fourth-order valence-corrected chi connectivity index (χ4v) is 5.48. The first kappa shape index (κ1) is 24.7. The van der Waals surface area contributed by atoms with Crippen molar-refractivity contribution in [3.05, 3.63) is 34.4 Å². The standard InChI is InChI=1S/C19H27N3O8S/c1-12(2)21(13(3)4)18(24)11-30-19(25)16-9-14(23)10-20(16)31(28,29)17-8-6-5-7-15(17)22(26)27/h5-8,12-14,16,23H,9-11H2,1-4H3/t14-,16-/m0/s1. The molecule has 1 saturated heterocycles. The van der Waals surface area contributed by atoms with Gasteiger partial charge < -0.3 is 14.7 Å². The van der Waals surface area contributed by atoms with E-state index in [0.29, 0.717) is 4.31 Å². The maximum Gasteiger partial charge on any atom is 0.325 e. The summed E-state index contributed by atoms with van der Waals surface area (Å²) in [5, 5.41) is 21.2. The third kappa shape index (κ3) is 5.38. The van der Waals surface area contributed by atoms with Gasteiger partial charge in [0.05, 0.1) is 11.0 Å². The molecule has 0 aliphatic carbocycles. The Morgan fingerprint density at radius 3 is 2.39 bits per heavy atom. The Kier molecular flexibility index (Phi) is 7.73. The minimum absolute atomic E-state index is 0.130. The smallest absolute Gasteiger partial charge is 0.325 e. The molecule has 0 saturated carbocycles. The van der Waals surface area contributed by atoms with E-state index in [1.54, 1.807) is 0 Å². The second-order valence-electron chi connectivity index (χ2n) is 7.80. The predicted octanol–water partition coefficient (Wildman–Crippen LogP) is 0.907. The molecule has 0 aromatic heterocycles. The van der Waals surface area contributed by atoms with Crippen molar-refractivity contribution in [3.63, 3.8) is 0 Å². The number of β-amino-alcohol motifs (C(OH)–C–C–N with tert-alkyl or cyclic N) is 1. The molecule has 1 aliphatic heterocycles. The van der Waals surface area contributed by atoms with Gasteiger partial charge in [0.25, 0.3) is 21.6 Å². The molecule has 1 fully saturated rings. The molecule has 1 N–H and O–H groups in total. The summed E-state index contributed by atoms with van der Waals surface area (Å²) in [7, 11) is -4.49. The fourth-order valence-electron chi connectivity index (χ4n) is 3.69. The van der Waals surface area contributed by atoms with Crippen molar-refractivity contribution < 1.29 is 32.8 Å². The normalized spacial score (nSPS) is 19.6. The van der Waals surface area contributed by atoms with Crippen LogP contribution in [0.15, 0.2) is 29.2 Å². The molecule has 0 unspecified atom stereocenters. The summed E-state index contributed by atoms with van der Waals surface area (Å²) in [5.74, 6) is -1.44. The number of aliphatic hydroxyl groups is 1. The van der Waals surface area contributed by atoms with Gasteiger partial charge >= 0.3 is 5.97 Å². The molecule has 1 aliphatic rings. The van der Waals surface area contributed by atoms with Gasteiger partial charge in [-0.3, -0.25) is 19.7 Å². The first-order valence-electron chi connectivity index (χ1n) is 9.79. The summed E-state index contributed by atoms with van der Waals surface area (Å²) >= 11 is 0. The van der Waals surface area contributed by atoms with Crippen LogP contribution in [0.1, 0.15) is 34.1 Å². The number of amides is 1. The van der Waals surface area contributed by atoms with Crippen LogP contribution in [0.4, 0.5) is 5.69 Å². The number of benzene rings is 1. The number of ether oxygens (including phenoxy) is 1. The van der Waals surface area contributed by atoms with E-state index in [-0.39, 0.29) is 18.5 Å². The van der Waals surface area contributed by atoms with Crippen molar-refractivity contribution in [1.82, 2.24) is 9.21 Å². The van der Waals surface area contributed by atoms with Crippen molar-refractivity contribution >= 4 is 27.6 Å². The number of aliphatic hydroxyl groups excluding tert-OH is 1. The molecule has 1 amide bonds. The van der Waals surface area contributed by atoms with E-state index in [1.165, 1.54) is 17.0 Å². The molecular formula is C19H27N3O8S. The number of nitrogens with zero attached hydrogens (tertiary/aromatic N) is 3. The van der Waals surface area contributed by atoms with Crippen LogP contribution in [-0.2, 0) is 24.3 Å². The monoisotopic (exact) mass is 457 g/mol. The quantitative estimate of drug-likeness (QED) is 0.344. The molecule has 1 aromatic carbocycles. The molecule has 2 atom stereocenters. The maximum absolute atomic E-state index is 13.1. The Bertz CT molecular complexity index is 939. The second kappa shape index (κ2) is 9.71. The lowest BCUT2D eigenvalue weighted by molar-refractivity contribution is -0.387. The minimum Gasteiger partial charge on any atom is -0.454 e. The lowest BCUT2D eigenvalue weighted by atomic mass is 10.2. The van der Waals surface area contributed by atoms with Crippen LogP contribution in [0, 0.1) is 10.1 Å². The number of sulfonamides is 1. The first-order valence-corrected chi connectivity index (χ1v) is 11.2. The van der Waals surface area contributed by atoms with E-state index in [9.17, 15) is 33.2 Å². The van der Waals surface area contributed by atoms with Gasteiger partial charge in [-0.15, -0.1) is 0 Å². The van der Waals surface area contributed by atoms with Crippen molar-refractivity contribution in [3.8, 4) is 0 Å². The van der Waals surface area contributed by atoms with Gasteiger partial charge in [-0.05, 0) is 33.8 Å². The van der Waals surface area contributed by atoms with Crippen molar-refractivity contribution in [1.29, 1.82) is 0 Å². The Morgan fingerprint density at radius 1 is 1.26 bits per heavy atom. The zero-order valence-electron chi connectivity index (χ0n) is 17.8. The number of para-hydroxylation sites is 1. The molecule has 2 rings (SSSR count). The summed E-state index contributed by atoms with van der Waals surface area (Å²) in [4.78, 5) is 36.4. The number of carbonyl (C=O) groups is 2. The number of hydrogen-bond acceptors (Lipinski definition) is 8. The largest absolute Gasteiger partial charge is 0.454 e. The van der Waals surface area contributed by atoms with Crippen LogP contribution in [0.2, 0.25) is 0 Å². The topological polar surface area (TPSA) is 147 Å². The molecule has 31 heavy (non-hydrogen) atoms. The fraction of sp³-hybridized carbons (Fsp3) is 0.579. The predicted molar refractivity (Wildman–Crippen MR) is 109 cm³/mol. The number of rotatable bonds is 8. The van der Waals surface area contributed by atoms with Crippen LogP contribution in [0.3, 0.4) is 0 Å². The van der Waals surface area contributed by atoms with E-state index in [1.807, 2.05) is 27.7 Å².